The van der Waals surface area contributed by atoms with Crippen LogP contribution in [0, 0.1) is 11.3 Å². The van der Waals surface area contributed by atoms with Gasteiger partial charge in [-0.2, -0.15) is 10.4 Å². The van der Waals surface area contributed by atoms with Crippen molar-refractivity contribution in [1.82, 2.24) is 14.6 Å². The minimum absolute atomic E-state index is 0.0244. The third-order valence-corrected chi connectivity index (χ3v) is 4.92. The average molecular weight is 337 g/mol. The van der Waals surface area contributed by atoms with Gasteiger partial charge in [0.15, 0.2) is 5.82 Å². The van der Waals surface area contributed by atoms with Crippen molar-refractivity contribution in [3.63, 3.8) is 0 Å². The highest BCUT2D eigenvalue weighted by Gasteiger charge is 2.60. The van der Waals surface area contributed by atoms with Gasteiger partial charge in [-0.3, -0.25) is 4.57 Å². The number of aliphatic hydroxyl groups is 1. The quantitative estimate of drug-likeness (QED) is 0.663. The molecule has 0 saturated carbocycles. The minimum atomic E-state index is -2.70. The highest BCUT2D eigenvalue weighted by molar-refractivity contribution is 7.33. The standard InChI is InChI=1S/C12H12N5O5P/c13-4-12(8-2-1-6-11(14)15-5-16-17(6)8)10(18)9-7(21-12)3-20-23(19)22-9/h1-2,5,7,9-10,18,23H,3H2,(H2,14,15,16)/t7-,9-,10-,12+/m1/s1. The van der Waals surface area contributed by atoms with E-state index in [1.54, 1.807) is 12.1 Å². The van der Waals surface area contributed by atoms with Crippen molar-refractivity contribution in [1.29, 1.82) is 5.26 Å². The Morgan fingerprint density at radius 1 is 1.57 bits per heavy atom. The van der Waals surface area contributed by atoms with Gasteiger partial charge in [-0.1, -0.05) is 0 Å². The number of aromatic nitrogens is 3. The molecule has 2 aliphatic rings. The Bertz CT molecular complexity index is 850. The van der Waals surface area contributed by atoms with E-state index >= 15 is 0 Å². The molecule has 0 aromatic carbocycles. The zero-order valence-corrected chi connectivity index (χ0v) is 12.6. The summed E-state index contributed by atoms with van der Waals surface area (Å²) >= 11 is 0. The summed E-state index contributed by atoms with van der Waals surface area (Å²) in [4.78, 5) is 3.87. The van der Waals surface area contributed by atoms with Crippen LogP contribution in [0.15, 0.2) is 18.5 Å². The van der Waals surface area contributed by atoms with Crippen LogP contribution in [0.2, 0.25) is 0 Å². The zero-order chi connectivity index (χ0) is 16.2. The van der Waals surface area contributed by atoms with E-state index in [1.807, 2.05) is 6.07 Å². The molecule has 3 N–H and O–H groups in total. The molecule has 0 spiro atoms. The van der Waals surface area contributed by atoms with Crippen LogP contribution in [0.5, 0.6) is 0 Å². The van der Waals surface area contributed by atoms with Crippen LogP contribution < -0.4 is 5.73 Å². The van der Waals surface area contributed by atoms with Gasteiger partial charge in [0, 0.05) is 0 Å². The van der Waals surface area contributed by atoms with Crippen LogP contribution in [0.4, 0.5) is 5.82 Å². The largest absolute Gasteiger partial charge is 0.386 e. The molecule has 0 radical (unpaired) electrons. The van der Waals surface area contributed by atoms with Gasteiger partial charge in [-0.25, -0.2) is 9.50 Å². The Morgan fingerprint density at radius 3 is 3.17 bits per heavy atom. The number of nitrogen functional groups attached to an aromatic ring is 1. The third-order valence-electron chi connectivity index (χ3n) is 4.06. The lowest BCUT2D eigenvalue weighted by Gasteiger charge is -2.25. The Labute approximate surface area is 130 Å². The summed E-state index contributed by atoms with van der Waals surface area (Å²) in [5.74, 6) is 0.230. The van der Waals surface area contributed by atoms with Crippen LogP contribution in [0.25, 0.3) is 5.52 Å². The molecule has 5 atom stereocenters. The molecule has 2 fully saturated rings. The molecule has 4 rings (SSSR count). The molecule has 10 nitrogen and oxygen atoms in total. The number of hydrogen-bond donors (Lipinski definition) is 2. The second kappa shape index (κ2) is 4.99. The fourth-order valence-corrected chi connectivity index (χ4v) is 3.84. The lowest BCUT2D eigenvalue weighted by Crippen LogP contribution is -2.42. The Morgan fingerprint density at radius 2 is 2.39 bits per heavy atom. The third kappa shape index (κ3) is 1.92. The number of anilines is 1. The number of aliphatic hydroxyl groups excluding tert-OH is 1. The van der Waals surface area contributed by atoms with Gasteiger partial charge in [0.2, 0.25) is 5.60 Å². The smallest absolute Gasteiger partial charge is 0.319 e. The highest BCUT2D eigenvalue weighted by Crippen LogP contribution is 2.47. The molecule has 23 heavy (non-hydrogen) atoms. The Balaban J connectivity index is 1.86. The van der Waals surface area contributed by atoms with Crippen molar-refractivity contribution >= 4 is 19.6 Å². The van der Waals surface area contributed by atoms with Crippen molar-refractivity contribution < 1.29 is 23.5 Å². The van der Waals surface area contributed by atoms with E-state index in [4.69, 9.17) is 19.5 Å². The van der Waals surface area contributed by atoms with Gasteiger partial charge < -0.3 is 24.6 Å². The van der Waals surface area contributed by atoms with Crippen LogP contribution in [0.3, 0.4) is 0 Å². The second-order valence-electron chi connectivity index (χ2n) is 5.25. The highest BCUT2D eigenvalue weighted by atomic mass is 31.1. The van der Waals surface area contributed by atoms with E-state index in [9.17, 15) is 14.9 Å². The topological polar surface area (TPSA) is 145 Å². The summed E-state index contributed by atoms with van der Waals surface area (Å²) in [6.07, 6.45) is -1.75. The minimum Gasteiger partial charge on any atom is -0.386 e. The Kier molecular flexibility index (Phi) is 3.16. The first-order valence-electron chi connectivity index (χ1n) is 6.76. The van der Waals surface area contributed by atoms with Gasteiger partial charge >= 0.3 is 8.25 Å². The molecule has 1 unspecified atom stereocenters. The monoisotopic (exact) mass is 337 g/mol. The summed E-state index contributed by atoms with van der Waals surface area (Å²) in [6.45, 7) is -0.0244. The summed E-state index contributed by atoms with van der Waals surface area (Å²) < 4.78 is 28.6. The average Bonchev–Trinajstić information content (AvgIpc) is 3.09. The van der Waals surface area contributed by atoms with E-state index in [0.717, 1.165) is 0 Å². The first-order valence-corrected chi connectivity index (χ1v) is 7.98. The summed E-state index contributed by atoms with van der Waals surface area (Å²) in [6, 6.07) is 5.20. The molecule has 0 bridgehead atoms. The van der Waals surface area contributed by atoms with E-state index in [0.29, 0.717) is 5.52 Å². The van der Waals surface area contributed by atoms with Gasteiger partial charge in [0.05, 0.1) is 12.3 Å². The normalized spacial score (nSPS) is 36.7. The summed E-state index contributed by atoms with van der Waals surface area (Å²) in [5, 5.41) is 24.4. The van der Waals surface area contributed by atoms with Crippen molar-refractivity contribution in [2.45, 2.75) is 23.9 Å². The van der Waals surface area contributed by atoms with E-state index in [1.165, 1.54) is 10.8 Å². The Hall–Kier alpha value is -2.02. The van der Waals surface area contributed by atoms with Gasteiger partial charge in [0.25, 0.3) is 0 Å². The van der Waals surface area contributed by atoms with E-state index in [2.05, 4.69) is 10.1 Å². The predicted molar refractivity (Wildman–Crippen MR) is 75.4 cm³/mol. The number of nitrogens with zero attached hydrogens (tertiary/aromatic N) is 4. The molecule has 2 aliphatic heterocycles. The SMILES string of the molecule is N#C[C@@]1(c2ccc3c(N)ncnn23)O[C@@H]2CO[PH](=O)O[C@H]2[C@H]1O. The maximum absolute atomic E-state index is 11.4. The molecule has 2 aromatic rings. The molecule has 0 aliphatic carbocycles. The zero-order valence-electron chi connectivity index (χ0n) is 11.6. The number of hydrogen-bond acceptors (Lipinski definition) is 9. The maximum atomic E-state index is 11.4. The van der Waals surface area contributed by atoms with Crippen LogP contribution >= 0.6 is 8.25 Å². The van der Waals surface area contributed by atoms with Crippen molar-refractivity contribution in [3.8, 4) is 6.07 Å². The van der Waals surface area contributed by atoms with Gasteiger partial charge in [-0.05, 0) is 12.1 Å². The van der Waals surface area contributed by atoms with E-state index < -0.39 is 32.2 Å². The maximum Gasteiger partial charge on any atom is 0.319 e. The number of fused-ring (bicyclic) bond motifs is 2. The fourth-order valence-electron chi connectivity index (χ4n) is 2.97. The molecule has 2 aromatic heterocycles. The molecule has 120 valence electrons. The molecular formula is C12H12N5O5P. The number of ether oxygens (including phenoxy) is 1. The number of nitrogens with two attached hydrogens (primary N) is 1. The molecule has 2 saturated heterocycles. The molecule has 0 amide bonds. The fraction of sp³-hybridized carbons (Fsp3) is 0.417. The molecular weight excluding hydrogens is 325 g/mol. The lowest BCUT2D eigenvalue weighted by atomic mass is 9.92. The number of rotatable bonds is 1. The van der Waals surface area contributed by atoms with Crippen molar-refractivity contribution in [2.75, 3.05) is 12.3 Å². The van der Waals surface area contributed by atoms with Crippen molar-refractivity contribution in [2.24, 2.45) is 0 Å². The summed E-state index contributed by atoms with van der Waals surface area (Å²) in [5.41, 5.74) is 4.81. The molecule has 4 heterocycles. The predicted octanol–water partition coefficient (Wildman–Crippen LogP) is -0.405. The first-order chi connectivity index (χ1) is 11.1. The van der Waals surface area contributed by atoms with Gasteiger partial charge in [-0.15, -0.1) is 0 Å². The summed E-state index contributed by atoms with van der Waals surface area (Å²) in [7, 11) is -2.70. The lowest BCUT2D eigenvalue weighted by molar-refractivity contribution is -0.0664. The number of nitriles is 1. The van der Waals surface area contributed by atoms with Crippen molar-refractivity contribution in [3.05, 3.63) is 24.2 Å². The molecule has 11 heteroatoms. The van der Waals surface area contributed by atoms with E-state index in [-0.39, 0.29) is 18.1 Å². The second-order valence-corrected chi connectivity index (χ2v) is 6.28. The van der Waals surface area contributed by atoms with Crippen LogP contribution in [0.1, 0.15) is 5.69 Å². The van der Waals surface area contributed by atoms with Gasteiger partial charge in [0.1, 0.15) is 36.2 Å². The van der Waals surface area contributed by atoms with Crippen LogP contribution in [-0.4, -0.2) is 44.6 Å². The first kappa shape index (κ1) is 14.6. The van der Waals surface area contributed by atoms with Crippen LogP contribution in [-0.2, 0) is 24.0 Å².